The number of rotatable bonds is 2. The molecule has 1 N–H and O–H groups in total. The molecule has 0 unspecified atom stereocenters. The third-order valence-corrected chi connectivity index (χ3v) is 2.94. The van der Waals surface area contributed by atoms with Gasteiger partial charge in [0.05, 0.1) is 10.7 Å². The molecule has 0 fully saturated rings. The first-order valence-electron chi connectivity index (χ1n) is 5.51. The summed E-state index contributed by atoms with van der Waals surface area (Å²) >= 11 is 6.23. The van der Waals surface area contributed by atoms with E-state index in [4.69, 9.17) is 11.6 Å². The molecule has 3 rings (SSSR count). The van der Waals surface area contributed by atoms with Gasteiger partial charge in [0.1, 0.15) is 0 Å². The predicted molar refractivity (Wildman–Crippen MR) is 70.8 cm³/mol. The first-order valence-corrected chi connectivity index (χ1v) is 5.89. The van der Waals surface area contributed by atoms with Gasteiger partial charge in [0.2, 0.25) is 0 Å². The van der Waals surface area contributed by atoms with E-state index in [0.717, 1.165) is 11.3 Å². The summed E-state index contributed by atoms with van der Waals surface area (Å²) in [5.41, 5.74) is 2.28. The lowest BCUT2D eigenvalue weighted by molar-refractivity contribution is 0.388. The highest BCUT2D eigenvalue weighted by molar-refractivity contribution is 6.33. The van der Waals surface area contributed by atoms with Crippen molar-refractivity contribution in [1.82, 2.24) is 15.1 Å². The van der Waals surface area contributed by atoms with Crippen LogP contribution in [0.2, 0.25) is 5.02 Å². The zero-order chi connectivity index (χ0) is 13.2. The van der Waals surface area contributed by atoms with Crippen LogP contribution in [0.4, 0.5) is 0 Å². The molecule has 0 aliphatic carbocycles. The van der Waals surface area contributed by atoms with E-state index in [2.05, 4.69) is 19.6 Å². The van der Waals surface area contributed by atoms with E-state index < -0.39 is 5.76 Å². The normalized spacial score (nSPS) is 10.6. The van der Waals surface area contributed by atoms with Crippen LogP contribution in [0.1, 0.15) is 0 Å². The Kier molecular flexibility index (Phi) is 2.89. The molecule has 0 aliphatic rings. The van der Waals surface area contributed by atoms with Crippen molar-refractivity contribution in [3.63, 3.8) is 0 Å². The topological polar surface area (TPSA) is 71.8 Å². The maximum atomic E-state index is 10.9. The van der Waals surface area contributed by atoms with Crippen LogP contribution in [0, 0.1) is 0 Å². The van der Waals surface area contributed by atoms with E-state index >= 15 is 0 Å². The Balaban J connectivity index is 2.06. The number of H-pyrrole nitrogens is 1. The minimum Gasteiger partial charge on any atom is -0.296 e. The molecule has 0 saturated heterocycles. The second-order valence-corrected chi connectivity index (χ2v) is 4.26. The Bertz CT molecular complexity index is 765. The van der Waals surface area contributed by atoms with Crippen molar-refractivity contribution in [2.75, 3.05) is 0 Å². The molecule has 0 aliphatic heterocycles. The molecule has 0 bridgehead atoms. The molecule has 5 nitrogen and oxygen atoms in total. The number of nitrogens with zero attached hydrogens (tertiary/aromatic N) is 2. The lowest BCUT2D eigenvalue weighted by atomic mass is 10.1. The number of aromatic nitrogens is 3. The van der Waals surface area contributed by atoms with Gasteiger partial charge in [-0.15, -0.1) is 0 Å². The molecule has 3 aromatic rings. The number of hydrogen-bond donors (Lipinski definition) is 1. The van der Waals surface area contributed by atoms with E-state index in [1.54, 1.807) is 18.3 Å². The van der Waals surface area contributed by atoms with E-state index in [-0.39, 0.29) is 0 Å². The fraction of sp³-hybridized carbons (Fsp3) is 0. The number of benzene rings is 1. The van der Waals surface area contributed by atoms with Crippen LogP contribution < -0.4 is 5.76 Å². The molecular formula is C13H8ClN3O2. The minimum absolute atomic E-state index is 0.347. The lowest BCUT2D eigenvalue weighted by Gasteiger charge is -2.04. The van der Waals surface area contributed by atoms with Crippen molar-refractivity contribution in [1.29, 1.82) is 0 Å². The summed E-state index contributed by atoms with van der Waals surface area (Å²) in [6, 6.07) is 10.9. The van der Waals surface area contributed by atoms with Crippen molar-refractivity contribution >= 4 is 11.6 Å². The summed E-state index contributed by atoms with van der Waals surface area (Å²) < 4.78 is 4.46. The highest BCUT2D eigenvalue weighted by Gasteiger charge is 2.09. The summed E-state index contributed by atoms with van der Waals surface area (Å²) in [5, 5.41) is 4.14. The third-order valence-electron chi connectivity index (χ3n) is 2.62. The molecule has 94 valence electrons. The fourth-order valence-corrected chi connectivity index (χ4v) is 2.02. The van der Waals surface area contributed by atoms with Crippen LogP contribution in [0.25, 0.3) is 22.6 Å². The Labute approximate surface area is 112 Å². The van der Waals surface area contributed by atoms with Crippen LogP contribution in [-0.2, 0) is 0 Å². The van der Waals surface area contributed by atoms with Crippen molar-refractivity contribution < 1.29 is 4.52 Å². The number of pyridine rings is 1. The Morgan fingerprint density at radius 2 is 2.11 bits per heavy atom. The number of hydrogen-bond acceptors (Lipinski definition) is 4. The molecule has 1 aromatic carbocycles. The Morgan fingerprint density at radius 3 is 2.74 bits per heavy atom. The third kappa shape index (κ3) is 2.28. The molecule has 6 heteroatoms. The summed E-state index contributed by atoms with van der Waals surface area (Å²) in [4.78, 5) is 17.6. The van der Waals surface area contributed by atoms with Crippen molar-refractivity contribution in [3.8, 4) is 22.6 Å². The first-order chi connectivity index (χ1) is 9.24. The van der Waals surface area contributed by atoms with Gasteiger partial charge in [-0.3, -0.25) is 14.5 Å². The predicted octanol–water partition coefficient (Wildman–Crippen LogP) is 2.75. The monoisotopic (exact) mass is 273 g/mol. The standard InChI is InChI=1S/C13H8ClN3O2/c14-10-7-8(12-16-13(18)19-17-12)4-5-9(10)11-3-1-2-6-15-11/h1-7H,(H,16,17,18). The second-order valence-electron chi connectivity index (χ2n) is 3.85. The highest BCUT2D eigenvalue weighted by Crippen LogP contribution is 2.29. The smallest absolute Gasteiger partial charge is 0.296 e. The second kappa shape index (κ2) is 4.70. The largest absolute Gasteiger partial charge is 0.439 e. The average Bonchev–Trinajstić information content (AvgIpc) is 2.86. The minimum atomic E-state index is -0.597. The van der Waals surface area contributed by atoms with Crippen LogP contribution in [-0.4, -0.2) is 15.1 Å². The Morgan fingerprint density at radius 1 is 1.21 bits per heavy atom. The van der Waals surface area contributed by atoms with E-state index in [1.165, 1.54) is 0 Å². The van der Waals surface area contributed by atoms with E-state index in [9.17, 15) is 4.79 Å². The van der Waals surface area contributed by atoms with Gasteiger partial charge in [-0.1, -0.05) is 35.0 Å². The molecule has 2 heterocycles. The summed E-state index contributed by atoms with van der Waals surface area (Å²) in [6.07, 6.45) is 1.70. The summed E-state index contributed by atoms with van der Waals surface area (Å²) in [6.45, 7) is 0. The van der Waals surface area contributed by atoms with E-state index in [0.29, 0.717) is 16.4 Å². The van der Waals surface area contributed by atoms with Crippen LogP contribution >= 0.6 is 11.6 Å². The van der Waals surface area contributed by atoms with Crippen LogP contribution in [0.5, 0.6) is 0 Å². The molecule has 19 heavy (non-hydrogen) atoms. The highest BCUT2D eigenvalue weighted by atomic mass is 35.5. The number of aromatic amines is 1. The maximum absolute atomic E-state index is 10.9. The zero-order valence-electron chi connectivity index (χ0n) is 9.63. The van der Waals surface area contributed by atoms with Gasteiger partial charge in [0.15, 0.2) is 5.82 Å². The average molecular weight is 274 g/mol. The van der Waals surface area contributed by atoms with Gasteiger partial charge in [0.25, 0.3) is 0 Å². The first kappa shape index (κ1) is 11.7. The lowest BCUT2D eigenvalue weighted by Crippen LogP contribution is -1.95. The van der Waals surface area contributed by atoms with Gasteiger partial charge in [-0.25, -0.2) is 4.79 Å². The van der Waals surface area contributed by atoms with Crippen molar-refractivity contribution in [2.24, 2.45) is 0 Å². The number of halogens is 1. The molecule has 0 amide bonds. The molecule has 0 atom stereocenters. The number of nitrogens with one attached hydrogen (secondary N) is 1. The fourth-order valence-electron chi connectivity index (χ4n) is 1.75. The molecule has 0 radical (unpaired) electrons. The van der Waals surface area contributed by atoms with Gasteiger partial charge in [-0.2, -0.15) is 0 Å². The summed E-state index contributed by atoms with van der Waals surface area (Å²) in [7, 11) is 0. The van der Waals surface area contributed by atoms with Crippen molar-refractivity contribution in [3.05, 3.63) is 58.2 Å². The summed E-state index contributed by atoms with van der Waals surface area (Å²) in [5.74, 6) is -0.251. The van der Waals surface area contributed by atoms with Gasteiger partial charge < -0.3 is 0 Å². The molecule has 0 saturated carbocycles. The van der Waals surface area contributed by atoms with Crippen molar-refractivity contribution in [2.45, 2.75) is 0 Å². The van der Waals surface area contributed by atoms with Crippen LogP contribution in [0.3, 0.4) is 0 Å². The molecule has 0 spiro atoms. The SMILES string of the molecule is O=c1[nH]c(-c2ccc(-c3ccccn3)c(Cl)c2)no1. The van der Waals surface area contributed by atoms with Crippen LogP contribution in [0.15, 0.2) is 51.9 Å². The molecule has 2 aromatic heterocycles. The van der Waals surface area contributed by atoms with Gasteiger partial charge >= 0.3 is 5.76 Å². The maximum Gasteiger partial charge on any atom is 0.439 e. The molecular weight excluding hydrogens is 266 g/mol. The van der Waals surface area contributed by atoms with Gasteiger partial charge in [-0.05, 0) is 18.2 Å². The quantitative estimate of drug-likeness (QED) is 0.779. The van der Waals surface area contributed by atoms with Gasteiger partial charge in [0, 0.05) is 17.3 Å². The Hall–Kier alpha value is -2.40. The van der Waals surface area contributed by atoms with E-state index in [1.807, 2.05) is 24.3 Å². The zero-order valence-corrected chi connectivity index (χ0v) is 10.4.